The molecule has 0 saturated carbocycles. The predicted molar refractivity (Wildman–Crippen MR) is 112 cm³/mol. The number of H-pyrrole nitrogens is 2. The third kappa shape index (κ3) is 3.27. The highest BCUT2D eigenvalue weighted by Gasteiger charge is 2.15. The molecule has 5 heterocycles. The molecule has 146 valence electrons. The first kappa shape index (κ1) is 17.6. The van der Waals surface area contributed by atoms with E-state index in [1.165, 1.54) is 0 Å². The number of nitrogens with zero attached hydrogens (tertiary/aromatic N) is 5. The number of fused-ring (bicyclic) bond motifs is 4. The Labute approximate surface area is 166 Å². The maximum absolute atomic E-state index is 12.0. The van der Waals surface area contributed by atoms with Gasteiger partial charge in [0, 0.05) is 61.5 Å². The van der Waals surface area contributed by atoms with Crippen molar-refractivity contribution < 1.29 is 0 Å². The van der Waals surface area contributed by atoms with Gasteiger partial charge < -0.3 is 9.88 Å². The van der Waals surface area contributed by atoms with Crippen molar-refractivity contribution in [3.63, 3.8) is 0 Å². The summed E-state index contributed by atoms with van der Waals surface area (Å²) in [5.74, 6) is 0. The minimum Gasteiger partial charge on any atom is -0.329 e. The van der Waals surface area contributed by atoms with E-state index >= 15 is 0 Å². The van der Waals surface area contributed by atoms with Crippen molar-refractivity contribution >= 4 is 23.1 Å². The molecule has 29 heavy (non-hydrogen) atoms. The molecule has 0 aliphatic carbocycles. The van der Waals surface area contributed by atoms with Crippen molar-refractivity contribution in [2.24, 2.45) is 7.05 Å². The van der Waals surface area contributed by atoms with Gasteiger partial charge >= 0.3 is 0 Å². The maximum atomic E-state index is 12.0. The summed E-state index contributed by atoms with van der Waals surface area (Å²) >= 11 is 0. The molecule has 1 aliphatic heterocycles. The van der Waals surface area contributed by atoms with Crippen molar-refractivity contribution in [1.82, 2.24) is 34.8 Å². The number of rotatable bonds is 0. The Balaban J connectivity index is 1.72. The number of hydrogen-bond acceptors (Lipinski definition) is 5. The molecule has 0 fully saturated rings. The zero-order valence-corrected chi connectivity index (χ0v) is 16.3. The quantitative estimate of drug-likeness (QED) is 0.482. The SMILES string of the molecule is CN1CCc2nn(C)cc2/C=C/c2n[nH]c3cnc(cc23)-c2cc(=O)[nH]cc2C1. The Morgan fingerprint density at radius 2 is 2.07 bits per heavy atom. The van der Waals surface area contributed by atoms with Crippen molar-refractivity contribution in [2.45, 2.75) is 13.0 Å². The summed E-state index contributed by atoms with van der Waals surface area (Å²) in [6.07, 6.45) is 10.5. The minimum absolute atomic E-state index is 0.139. The second-order valence-corrected chi connectivity index (χ2v) is 7.49. The van der Waals surface area contributed by atoms with E-state index in [1.54, 1.807) is 18.5 Å². The van der Waals surface area contributed by atoms with Crippen LogP contribution < -0.4 is 5.56 Å². The molecular formula is C21H21N7O. The van der Waals surface area contributed by atoms with Crippen LogP contribution in [0.1, 0.15) is 22.5 Å². The highest BCUT2D eigenvalue weighted by atomic mass is 16.1. The van der Waals surface area contributed by atoms with E-state index in [-0.39, 0.29) is 5.56 Å². The van der Waals surface area contributed by atoms with Crippen LogP contribution in [-0.4, -0.2) is 48.4 Å². The summed E-state index contributed by atoms with van der Waals surface area (Å²) in [5, 5.41) is 13.1. The van der Waals surface area contributed by atoms with Gasteiger partial charge in [-0.2, -0.15) is 10.2 Å². The summed E-state index contributed by atoms with van der Waals surface area (Å²) in [6, 6.07) is 3.61. The molecule has 1 aliphatic rings. The molecule has 0 atom stereocenters. The molecule has 5 rings (SSSR count). The Morgan fingerprint density at radius 3 is 2.97 bits per heavy atom. The number of nitrogens with one attached hydrogen (secondary N) is 2. The van der Waals surface area contributed by atoms with Gasteiger partial charge in [-0.15, -0.1) is 0 Å². The molecule has 8 heteroatoms. The van der Waals surface area contributed by atoms with E-state index in [0.29, 0.717) is 6.54 Å². The smallest absolute Gasteiger partial charge is 0.248 e. The molecule has 2 bridgehead atoms. The Morgan fingerprint density at radius 1 is 1.17 bits per heavy atom. The largest absolute Gasteiger partial charge is 0.329 e. The minimum atomic E-state index is -0.139. The van der Waals surface area contributed by atoms with Gasteiger partial charge in [-0.1, -0.05) is 0 Å². The van der Waals surface area contributed by atoms with Gasteiger partial charge in [0.15, 0.2) is 0 Å². The van der Waals surface area contributed by atoms with Crippen LogP contribution in [0.15, 0.2) is 35.5 Å². The highest BCUT2D eigenvalue weighted by molar-refractivity contribution is 5.91. The van der Waals surface area contributed by atoms with Crippen LogP contribution in [-0.2, 0) is 20.0 Å². The molecule has 0 aromatic carbocycles. The molecular weight excluding hydrogens is 366 g/mol. The summed E-state index contributed by atoms with van der Waals surface area (Å²) in [6.45, 7) is 1.54. The van der Waals surface area contributed by atoms with Crippen LogP contribution in [0.2, 0.25) is 0 Å². The summed E-state index contributed by atoms with van der Waals surface area (Å²) in [7, 11) is 4.01. The van der Waals surface area contributed by atoms with Crippen LogP contribution in [0.5, 0.6) is 0 Å². The van der Waals surface area contributed by atoms with Gasteiger partial charge in [0.1, 0.15) is 0 Å². The van der Waals surface area contributed by atoms with Gasteiger partial charge in [-0.25, -0.2) is 0 Å². The molecule has 0 saturated heterocycles. The third-order valence-electron chi connectivity index (χ3n) is 5.29. The van der Waals surface area contributed by atoms with Crippen molar-refractivity contribution in [3.8, 4) is 11.3 Å². The number of aromatic amines is 2. The number of aromatic nitrogens is 6. The van der Waals surface area contributed by atoms with E-state index in [0.717, 1.165) is 57.6 Å². The highest BCUT2D eigenvalue weighted by Crippen LogP contribution is 2.27. The van der Waals surface area contributed by atoms with E-state index in [9.17, 15) is 4.79 Å². The number of hydrogen-bond donors (Lipinski definition) is 2. The number of likely N-dealkylation sites (N-methyl/N-ethyl adjacent to an activating group) is 1. The fourth-order valence-corrected chi connectivity index (χ4v) is 3.80. The van der Waals surface area contributed by atoms with Gasteiger partial charge in [-0.3, -0.25) is 19.6 Å². The van der Waals surface area contributed by atoms with Crippen molar-refractivity contribution in [1.29, 1.82) is 0 Å². The molecule has 4 aromatic rings. The van der Waals surface area contributed by atoms with E-state index in [1.807, 2.05) is 30.1 Å². The van der Waals surface area contributed by atoms with Crippen LogP contribution in [0.25, 0.3) is 34.3 Å². The van der Waals surface area contributed by atoms with E-state index in [2.05, 4.69) is 43.3 Å². The zero-order valence-electron chi connectivity index (χ0n) is 16.3. The standard InChI is InChI=1S/C21H21N7O/c1-27-6-5-17-13(12-28(2)26-17)3-4-18-16-7-19(22-10-20(16)25-24-18)15-8-21(29)23-9-14(15)11-27/h3-4,7-10,12H,5-6,11H2,1-2H3,(H,23,29)(H,24,25)/b4-3+. The maximum Gasteiger partial charge on any atom is 0.248 e. The van der Waals surface area contributed by atoms with Gasteiger partial charge in [0.25, 0.3) is 0 Å². The Hall–Kier alpha value is -3.52. The molecule has 0 amide bonds. The second kappa shape index (κ2) is 6.82. The lowest BCUT2D eigenvalue weighted by Gasteiger charge is -2.18. The van der Waals surface area contributed by atoms with Gasteiger partial charge in [0.05, 0.1) is 28.8 Å². The molecule has 4 aromatic heterocycles. The fourth-order valence-electron chi connectivity index (χ4n) is 3.80. The van der Waals surface area contributed by atoms with E-state index in [4.69, 9.17) is 0 Å². The molecule has 0 unspecified atom stereocenters. The van der Waals surface area contributed by atoms with Crippen LogP contribution in [0, 0.1) is 0 Å². The Bertz CT molecular complexity index is 1290. The monoisotopic (exact) mass is 387 g/mol. The lowest BCUT2D eigenvalue weighted by atomic mass is 10.0. The summed E-state index contributed by atoms with van der Waals surface area (Å²) in [4.78, 5) is 21.6. The normalized spacial score (nSPS) is 15.8. The first-order valence-corrected chi connectivity index (χ1v) is 9.52. The van der Waals surface area contributed by atoms with Crippen molar-refractivity contribution in [2.75, 3.05) is 13.6 Å². The van der Waals surface area contributed by atoms with E-state index < -0.39 is 0 Å². The van der Waals surface area contributed by atoms with Crippen molar-refractivity contribution in [3.05, 3.63) is 63.6 Å². The first-order valence-electron chi connectivity index (χ1n) is 9.52. The second-order valence-electron chi connectivity index (χ2n) is 7.49. The number of pyridine rings is 2. The fraction of sp³-hybridized carbons (Fsp3) is 0.238. The average molecular weight is 387 g/mol. The topological polar surface area (TPSA) is 95.5 Å². The molecule has 0 radical (unpaired) electrons. The average Bonchev–Trinajstić information content (AvgIpc) is 3.27. The van der Waals surface area contributed by atoms with Crippen LogP contribution >= 0.6 is 0 Å². The first-order chi connectivity index (χ1) is 14.1. The predicted octanol–water partition coefficient (Wildman–Crippen LogP) is 2.21. The Kier molecular flexibility index (Phi) is 4.13. The summed E-state index contributed by atoms with van der Waals surface area (Å²) < 4.78 is 1.85. The van der Waals surface area contributed by atoms with Gasteiger partial charge in [0.2, 0.25) is 5.56 Å². The van der Waals surface area contributed by atoms with Gasteiger partial charge in [-0.05, 0) is 30.8 Å². The lowest BCUT2D eigenvalue weighted by molar-refractivity contribution is 0.329. The lowest BCUT2D eigenvalue weighted by Crippen LogP contribution is -2.22. The molecule has 8 nitrogen and oxygen atoms in total. The molecule has 0 spiro atoms. The molecule has 2 N–H and O–H groups in total. The van der Waals surface area contributed by atoms with Crippen LogP contribution in [0.4, 0.5) is 0 Å². The number of aryl methyl sites for hydroxylation is 1. The summed E-state index contributed by atoms with van der Waals surface area (Å²) in [5.41, 5.74) is 6.33. The third-order valence-corrected chi connectivity index (χ3v) is 5.29. The van der Waals surface area contributed by atoms with Crippen LogP contribution in [0.3, 0.4) is 0 Å². The zero-order chi connectivity index (χ0) is 20.0.